The Morgan fingerprint density at radius 2 is 1.62 bits per heavy atom. The van der Waals surface area contributed by atoms with Gasteiger partial charge in [-0.15, -0.1) is 0 Å². The van der Waals surface area contributed by atoms with Gasteiger partial charge in [-0.1, -0.05) is 68.7 Å². The molecule has 0 aliphatic heterocycles. The highest BCUT2D eigenvalue weighted by molar-refractivity contribution is 5.96. The number of aromatic nitrogens is 2. The van der Waals surface area contributed by atoms with Crippen LogP contribution in [0.15, 0.2) is 54.9 Å². The first-order valence-corrected chi connectivity index (χ1v) is 13.4. The van der Waals surface area contributed by atoms with Crippen molar-refractivity contribution in [3.8, 4) is 11.1 Å². The lowest BCUT2D eigenvalue weighted by Gasteiger charge is -2.23. The number of hydrogen-bond acceptors (Lipinski definition) is 7. The van der Waals surface area contributed by atoms with Crippen LogP contribution in [-0.4, -0.2) is 44.5 Å². The van der Waals surface area contributed by atoms with E-state index in [9.17, 15) is 24.6 Å². The number of unbranched alkanes of at least 4 members (excludes halogenated alkanes) is 2. The van der Waals surface area contributed by atoms with E-state index >= 15 is 0 Å². The van der Waals surface area contributed by atoms with E-state index in [2.05, 4.69) is 11.9 Å². The lowest BCUT2D eigenvalue weighted by Crippen LogP contribution is -2.28. The van der Waals surface area contributed by atoms with Gasteiger partial charge < -0.3 is 24.3 Å². The number of hydrogen-bond donors (Lipinski definition) is 2. The molecule has 9 nitrogen and oxygen atoms in total. The van der Waals surface area contributed by atoms with Crippen LogP contribution in [0, 0.1) is 5.41 Å². The zero-order valence-corrected chi connectivity index (χ0v) is 23.8. The molecule has 0 aliphatic rings. The normalized spacial score (nSPS) is 12.9. The van der Waals surface area contributed by atoms with Crippen LogP contribution in [0.25, 0.3) is 11.1 Å². The van der Waals surface area contributed by atoms with Crippen molar-refractivity contribution in [2.24, 2.45) is 5.41 Å². The van der Waals surface area contributed by atoms with Crippen LogP contribution in [0.1, 0.15) is 92.4 Å². The minimum atomic E-state index is -1.37. The predicted molar refractivity (Wildman–Crippen MR) is 150 cm³/mol. The average Bonchev–Trinajstić information content (AvgIpc) is 3.33. The number of esters is 2. The van der Waals surface area contributed by atoms with Gasteiger partial charge in [-0.2, -0.15) is 0 Å². The number of aliphatic hydroxyl groups is 1. The van der Waals surface area contributed by atoms with Crippen molar-refractivity contribution >= 4 is 17.9 Å². The number of carboxylic acids is 1. The zero-order chi connectivity index (χ0) is 29.5. The average molecular weight is 551 g/mol. The molecule has 0 amide bonds. The van der Waals surface area contributed by atoms with Gasteiger partial charge in [0.25, 0.3) is 0 Å². The molecule has 0 fully saturated rings. The first-order chi connectivity index (χ1) is 18.8. The molecule has 1 unspecified atom stereocenters. The lowest BCUT2D eigenvalue weighted by atomic mass is 9.93. The molecule has 1 heterocycles. The van der Waals surface area contributed by atoms with Gasteiger partial charge in [0, 0.05) is 6.54 Å². The zero-order valence-electron chi connectivity index (χ0n) is 23.8. The maximum atomic E-state index is 13.2. The Balaban J connectivity index is 1.88. The first kappa shape index (κ1) is 30.6. The van der Waals surface area contributed by atoms with Gasteiger partial charge in [-0.05, 0) is 56.9 Å². The van der Waals surface area contributed by atoms with E-state index < -0.39 is 35.7 Å². The first-order valence-electron chi connectivity index (χ1n) is 13.4. The lowest BCUT2D eigenvalue weighted by molar-refractivity contribution is -0.161. The summed E-state index contributed by atoms with van der Waals surface area (Å²) in [7, 11) is 0. The largest absolute Gasteiger partial charge is 0.478 e. The maximum absolute atomic E-state index is 13.2. The molecule has 0 radical (unpaired) electrons. The predicted octanol–water partition coefficient (Wildman–Crippen LogP) is 5.79. The van der Waals surface area contributed by atoms with Gasteiger partial charge in [-0.3, -0.25) is 4.79 Å². The summed E-state index contributed by atoms with van der Waals surface area (Å²) in [6, 6.07) is 14.1. The van der Waals surface area contributed by atoms with Crippen molar-refractivity contribution in [3.05, 3.63) is 77.4 Å². The summed E-state index contributed by atoms with van der Waals surface area (Å²) < 4.78 is 12.0. The van der Waals surface area contributed by atoms with Crippen LogP contribution in [0.2, 0.25) is 0 Å². The van der Waals surface area contributed by atoms with Crippen molar-refractivity contribution < 1.29 is 34.1 Å². The van der Waals surface area contributed by atoms with Crippen molar-refractivity contribution in [2.75, 3.05) is 6.79 Å². The quantitative estimate of drug-likeness (QED) is 0.165. The summed E-state index contributed by atoms with van der Waals surface area (Å²) in [6.45, 7) is 8.47. The molecule has 0 spiro atoms. The number of imidazole rings is 1. The van der Waals surface area contributed by atoms with Gasteiger partial charge in [0.1, 0.15) is 11.3 Å². The van der Waals surface area contributed by atoms with E-state index in [-0.39, 0.29) is 23.5 Å². The summed E-state index contributed by atoms with van der Waals surface area (Å²) in [5, 5.41) is 20.8. The molecule has 2 aromatic carbocycles. The SMILES string of the molecule is CCCCCC(C)(O)c1ncn(Cc2ccc(-c3ccccc3C(=O)O)cc2)c1C(=O)OCOC(=O)C(C)(C)C. The van der Waals surface area contributed by atoms with Crippen molar-refractivity contribution in [3.63, 3.8) is 0 Å². The molecule has 0 saturated carbocycles. The van der Waals surface area contributed by atoms with Crippen LogP contribution < -0.4 is 0 Å². The van der Waals surface area contributed by atoms with Crippen LogP contribution in [0.3, 0.4) is 0 Å². The monoisotopic (exact) mass is 550 g/mol. The number of carboxylic acid groups (broad SMARTS) is 1. The van der Waals surface area contributed by atoms with E-state index in [4.69, 9.17) is 9.47 Å². The van der Waals surface area contributed by atoms with Gasteiger partial charge in [0.05, 0.1) is 17.3 Å². The minimum absolute atomic E-state index is 0.0774. The minimum Gasteiger partial charge on any atom is -0.478 e. The van der Waals surface area contributed by atoms with E-state index in [1.807, 2.05) is 24.3 Å². The van der Waals surface area contributed by atoms with E-state index in [0.29, 0.717) is 12.0 Å². The fourth-order valence-electron chi connectivity index (χ4n) is 4.28. The highest BCUT2D eigenvalue weighted by Gasteiger charge is 2.34. The molecular formula is C31H38N2O7. The molecule has 1 aromatic heterocycles. The van der Waals surface area contributed by atoms with Gasteiger partial charge in [0.15, 0.2) is 5.69 Å². The third-order valence-corrected chi connectivity index (χ3v) is 6.58. The number of carbonyl (C=O) groups excluding carboxylic acids is 2. The van der Waals surface area contributed by atoms with Gasteiger partial charge in [-0.25, -0.2) is 14.6 Å². The maximum Gasteiger partial charge on any atom is 0.359 e. The van der Waals surface area contributed by atoms with Crippen LogP contribution >= 0.6 is 0 Å². The fourth-order valence-corrected chi connectivity index (χ4v) is 4.28. The molecule has 0 saturated heterocycles. The number of benzene rings is 2. The Hall–Kier alpha value is -3.98. The Bertz CT molecular complexity index is 1330. The third-order valence-electron chi connectivity index (χ3n) is 6.58. The summed E-state index contributed by atoms with van der Waals surface area (Å²) in [5.41, 5.74) is 0.518. The standard InChI is InChI=1S/C31H38N2O7/c1-6-7-10-17-31(5,38)26-25(28(36)39-20-40-29(37)30(2,3)4)33(19-32-26)18-21-13-15-22(16-14-21)23-11-8-9-12-24(23)27(34)35/h8-9,11-16,19,38H,6-7,10,17-18,20H2,1-5H3,(H,34,35). The van der Waals surface area contributed by atoms with Gasteiger partial charge >= 0.3 is 17.9 Å². The molecule has 3 rings (SSSR count). The molecule has 3 aromatic rings. The van der Waals surface area contributed by atoms with Crippen molar-refractivity contribution in [1.29, 1.82) is 0 Å². The Labute approximate surface area is 234 Å². The fraction of sp³-hybridized carbons (Fsp3) is 0.419. The summed E-state index contributed by atoms with van der Waals surface area (Å²) in [5.74, 6) is -2.28. The Morgan fingerprint density at radius 3 is 2.25 bits per heavy atom. The van der Waals surface area contributed by atoms with Crippen LogP contribution in [0.5, 0.6) is 0 Å². The van der Waals surface area contributed by atoms with E-state index in [1.54, 1.807) is 56.5 Å². The number of ether oxygens (including phenoxy) is 2. The molecule has 214 valence electrons. The summed E-state index contributed by atoms with van der Waals surface area (Å²) in [4.78, 5) is 41.4. The third kappa shape index (κ3) is 7.57. The Kier molecular flexibility index (Phi) is 9.87. The molecule has 2 N–H and O–H groups in total. The van der Waals surface area contributed by atoms with E-state index in [1.165, 1.54) is 6.33 Å². The second kappa shape index (κ2) is 12.9. The molecule has 9 heteroatoms. The van der Waals surface area contributed by atoms with Crippen molar-refractivity contribution in [2.45, 2.75) is 72.4 Å². The summed E-state index contributed by atoms with van der Waals surface area (Å²) in [6.07, 6.45) is 4.55. The van der Waals surface area contributed by atoms with E-state index in [0.717, 1.165) is 30.4 Å². The topological polar surface area (TPSA) is 128 Å². The van der Waals surface area contributed by atoms with Gasteiger partial charge in [0.2, 0.25) is 6.79 Å². The second-order valence-corrected chi connectivity index (χ2v) is 11.1. The Morgan fingerprint density at radius 1 is 0.950 bits per heavy atom. The number of aromatic carboxylic acids is 1. The highest BCUT2D eigenvalue weighted by Crippen LogP contribution is 2.30. The summed E-state index contributed by atoms with van der Waals surface area (Å²) >= 11 is 0. The molecule has 1 atom stereocenters. The molecule has 0 aliphatic carbocycles. The highest BCUT2D eigenvalue weighted by atomic mass is 16.7. The second-order valence-electron chi connectivity index (χ2n) is 11.1. The number of carbonyl (C=O) groups is 3. The number of rotatable bonds is 12. The smallest absolute Gasteiger partial charge is 0.359 e. The van der Waals surface area contributed by atoms with Crippen LogP contribution in [0.4, 0.5) is 0 Å². The number of nitrogens with zero attached hydrogens (tertiary/aromatic N) is 2. The molecular weight excluding hydrogens is 512 g/mol. The molecule has 40 heavy (non-hydrogen) atoms. The molecule has 0 bridgehead atoms. The van der Waals surface area contributed by atoms with Crippen molar-refractivity contribution in [1.82, 2.24) is 9.55 Å². The van der Waals surface area contributed by atoms with Crippen LogP contribution in [-0.2, 0) is 26.4 Å².